The van der Waals surface area contributed by atoms with Crippen molar-refractivity contribution in [2.45, 2.75) is 26.7 Å². The number of rotatable bonds is 3. The van der Waals surface area contributed by atoms with Crippen molar-refractivity contribution < 1.29 is 0 Å². The SMILES string of the molecule is CC(C)CCc1c(N)cncc1Br. The Morgan fingerprint density at radius 3 is 2.69 bits per heavy atom. The predicted molar refractivity (Wildman–Crippen MR) is 59.5 cm³/mol. The van der Waals surface area contributed by atoms with Crippen molar-refractivity contribution in [2.24, 2.45) is 5.92 Å². The van der Waals surface area contributed by atoms with Gasteiger partial charge in [0.1, 0.15) is 0 Å². The van der Waals surface area contributed by atoms with E-state index in [1.54, 1.807) is 12.4 Å². The first-order valence-electron chi connectivity index (χ1n) is 4.49. The fourth-order valence-corrected chi connectivity index (χ4v) is 1.72. The van der Waals surface area contributed by atoms with E-state index >= 15 is 0 Å². The Kier molecular flexibility index (Phi) is 3.72. The van der Waals surface area contributed by atoms with Crippen molar-refractivity contribution in [3.05, 3.63) is 22.4 Å². The van der Waals surface area contributed by atoms with E-state index in [2.05, 4.69) is 34.8 Å². The van der Waals surface area contributed by atoms with Crippen LogP contribution in [0.5, 0.6) is 0 Å². The third-order valence-corrected chi connectivity index (χ3v) is 2.69. The van der Waals surface area contributed by atoms with Crippen LogP contribution in [0.15, 0.2) is 16.9 Å². The molecule has 3 heteroatoms. The zero-order valence-corrected chi connectivity index (χ0v) is 9.63. The van der Waals surface area contributed by atoms with Crippen LogP contribution in [0.2, 0.25) is 0 Å². The van der Waals surface area contributed by atoms with Crippen LogP contribution in [0.3, 0.4) is 0 Å². The van der Waals surface area contributed by atoms with Crippen LogP contribution in [-0.2, 0) is 6.42 Å². The highest BCUT2D eigenvalue weighted by Gasteiger charge is 2.05. The first kappa shape index (κ1) is 10.5. The number of anilines is 1. The maximum Gasteiger partial charge on any atom is 0.0544 e. The molecule has 0 spiro atoms. The van der Waals surface area contributed by atoms with Crippen LogP contribution in [0.25, 0.3) is 0 Å². The van der Waals surface area contributed by atoms with Crippen molar-refractivity contribution in [1.29, 1.82) is 0 Å². The summed E-state index contributed by atoms with van der Waals surface area (Å²) in [7, 11) is 0. The molecule has 0 saturated carbocycles. The lowest BCUT2D eigenvalue weighted by Crippen LogP contribution is -1.99. The van der Waals surface area contributed by atoms with Crippen molar-refractivity contribution in [1.82, 2.24) is 4.98 Å². The maximum absolute atomic E-state index is 5.82. The zero-order valence-electron chi connectivity index (χ0n) is 8.05. The van der Waals surface area contributed by atoms with Crippen molar-refractivity contribution in [2.75, 3.05) is 5.73 Å². The van der Waals surface area contributed by atoms with Crippen LogP contribution >= 0.6 is 15.9 Å². The molecule has 0 radical (unpaired) electrons. The van der Waals surface area contributed by atoms with E-state index in [1.807, 2.05) is 0 Å². The van der Waals surface area contributed by atoms with E-state index < -0.39 is 0 Å². The van der Waals surface area contributed by atoms with Crippen LogP contribution in [0.4, 0.5) is 5.69 Å². The van der Waals surface area contributed by atoms with Gasteiger partial charge in [-0.1, -0.05) is 13.8 Å². The molecule has 72 valence electrons. The maximum atomic E-state index is 5.82. The first-order chi connectivity index (χ1) is 6.11. The van der Waals surface area contributed by atoms with Gasteiger partial charge in [0.05, 0.1) is 11.9 Å². The summed E-state index contributed by atoms with van der Waals surface area (Å²) >= 11 is 3.45. The van der Waals surface area contributed by atoms with Gasteiger partial charge in [-0.3, -0.25) is 4.98 Å². The van der Waals surface area contributed by atoms with Gasteiger partial charge in [0.15, 0.2) is 0 Å². The van der Waals surface area contributed by atoms with Gasteiger partial charge in [-0.25, -0.2) is 0 Å². The van der Waals surface area contributed by atoms with E-state index in [1.165, 1.54) is 5.56 Å². The highest BCUT2D eigenvalue weighted by atomic mass is 79.9. The molecule has 0 bridgehead atoms. The molecule has 1 aromatic rings. The molecule has 0 aliphatic rings. The summed E-state index contributed by atoms with van der Waals surface area (Å²) in [4.78, 5) is 4.00. The number of nitrogens with zero attached hydrogens (tertiary/aromatic N) is 1. The summed E-state index contributed by atoms with van der Waals surface area (Å²) in [5.41, 5.74) is 7.79. The topological polar surface area (TPSA) is 38.9 Å². The standard InChI is InChI=1S/C10H15BrN2/c1-7(2)3-4-8-9(11)5-13-6-10(8)12/h5-7H,3-4,12H2,1-2H3. The summed E-state index contributed by atoms with van der Waals surface area (Å²) in [6, 6.07) is 0. The van der Waals surface area contributed by atoms with Crippen molar-refractivity contribution in [3.63, 3.8) is 0 Å². The molecule has 0 fully saturated rings. The van der Waals surface area contributed by atoms with Crippen molar-refractivity contribution in [3.8, 4) is 0 Å². The molecule has 1 heterocycles. The normalized spacial score (nSPS) is 10.8. The minimum atomic E-state index is 0.708. The number of halogens is 1. The Morgan fingerprint density at radius 2 is 2.15 bits per heavy atom. The molecule has 13 heavy (non-hydrogen) atoms. The molecule has 1 aromatic heterocycles. The van der Waals surface area contributed by atoms with Gasteiger partial charge in [-0.15, -0.1) is 0 Å². The van der Waals surface area contributed by atoms with Crippen LogP contribution in [-0.4, -0.2) is 4.98 Å². The Bertz CT molecular complexity index is 264. The van der Waals surface area contributed by atoms with Crippen LogP contribution in [0.1, 0.15) is 25.8 Å². The Labute approximate surface area is 87.7 Å². The van der Waals surface area contributed by atoms with Gasteiger partial charge in [0.25, 0.3) is 0 Å². The average Bonchev–Trinajstić information content (AvgIpc) is 2.03. The van der Waals surface area contributed by atoms with Gasteiger partial charge < -0.3 is 5.73 Å². The summed E-state index contributed by atoms with van der Waals surface area (Å²) in [6.07, 6.45) is 5.69. The Morgan fingerprint density at radius 1 is 1.46 bits per heavy atom. The van der Waals surface area contributed by atoms with Gasteiger partial charge in [-0.05, 0) is 40.3 Å². The average molecular weight is 243 g/mol. The Hall–Kier alpha value is -0.570. The molecular formula is C10H15BrN2. The molecule has 0 aliphatic carbocycles. The van der Waals surface area contributed by atoms with Crippen LogP contribution < -0.4 is 5.73 Å². The molecule has 2 nitrogen and oxygen atoms in total. The monoisotopic (exact) mass is 242 g/mol. The molecule has 0 atom stereocenters. The van der Waals surface area contributed by atoms with E-state index in [9.17, 15) is 0 Å². The number of aromatic nitrogens is 1. The number of nitrogens with two attached hydrogens (primary N) is 1. The third-order valence-electron chi connectivity index (χ3n) is 2.01. The van der Waals surface area contributed by atoms with Gasteiger partial charge >= 0.3 is 0 Å². The molecule has 0 aliphatic heterocycles. The van der Waals surface area contributed by atoms with Gasteiger partial charge in [0, 0.05) is 10.7 Å². The van der Waals surface area contributed by atoms with Crippen molar-refractivity contribution >= 4 is 21.6 Å². The molecule has 1 rings (SSSR count). The third kappa shape index (κ3) is 2.99. The predicted octanol–water partition coefficient (Wildman–Crippen LogP) is 3.01. The van der Waals surface area contributed by atoms with E-state index in [0.29, 0.717) is 5.92 Å². The minimum Gasteiger partial charge on any atom is -0.397 e. The zero-order chi connectivity index (χ0) is 9.84. The minimum absolute atomic E-state index is 0.708. The van der Waals surface area contributed by atoms with E-state index in [0.717, 1.165) is 23.0 Å². The second-order valence-corrected chi connectivity index (χ2v) is 4.48. The number of nitrogen functional groups attached to an aromatic ring is 1. The molecular weight excluding hydrogens is 228 g/mol. The Balaban J connectivity index is 2.75. The summed E-state index contributed by atoms with van der Waals surface area (Å²) < 4.78 is 1.02. The fourth-order valence-electron chi connectivity index (χ4n) is 1.17. The molecule has 2 N–H and O–H groups in total. The lowest BCUT2D eigenvalue weighted by atomic mass is 10.0. The highest BCUT2D eigenvalue weighted by molar-refractivity contribution is 9.10. The second-order valence-electron chi connectivity index (χ2n) is 3.62. The summed E-state index contributed by atoms with van der Waals surface area (Å²) in [6.45, 7) is 4.43. The summed E-state index contributed by atoms with van der Waals surface area (Å²) in [5, 5.41) is 0. The van der Waals surface area contributed by atoms with E-state index in [4.69, 9.17) is 5.73 Å². The lowest BCUT2D eigenvalue weighted by Gasteiger charge is -2.08. The second kappa shape index (κ2) is 4.61. The lowest BCUT2D eigenvalue weighted by molar-refractivity contribution is 0.586. The number of hydrogen-bond donors (Lipinski definition) is 1. The van der Waals surface area contributed by atoms with Gasteiger partial charge in [-0.2, -0.15) is 0 Å². The first-order valence-corrected chi connectivity index (χ1v) is 5.28. The smallest absolute Gasteiger partial charge is 0.0544 e. The quantitative estimate of drug-likeness (QED) is 0.886. The number of pyridine rings is 1. The van der Waals surface area contributed by atoms with Gasteiger partial charge in [0.2, 0.25) is 0 Å². The fraction of sp³-hybridized carbons (Fsp3) is 0.500. The highest BCUT2D eigenvalue weighted by Crippen LogP contribution is 2.23. The van der Waals surface area contributed by atoms with Crippen LogP contribution in [0, 0.1) is 5.92 Å². The van der Waals surface area contributed by atoms with E-state index in [-0.39, 0.29) is 0 Å². The molecule has 0 unspecified atom stereocenters. The summed E-state index contributed by atoms with van der Waals surface area (Å²) in [5.74, 6) is 0.708. The molecule has 0 saturated heterocycles. The molecule has 0 amide bonds. The number of hydrogen-bond acceptors (Lipinski definition) is 2. The largest absolute Gasteiger partial charge is 0.397 e. The molecule has 0 aromatic carbocycles.